The third-order valence-electron chi connectivity index (χ3n) is 2.37. The predicted molar refractivity (Wildman–Crippen MR) is 77.5 cm³/mol. The van der Waals surface area contributed by atoms with Gasteiger partial charge >= 0.3 is 0 Å². The molecule has 20 heavy (non-hydrogen) atoms. The quantitative estimate of drug-likeness (QED) is 0.640. The SMILES string of the molecule is CCNC(=NCc1noc(C)n1)NCc1ncc(C)s1. The first-order chi connectivity index (χ1) is 9.67. The van der Waals surface area contributed by atoms with E-state index in [-0.39, 0.29) is 0 Å². The number of hydrogen-bond acceptors (Lipinski definition) is 6. The van der Waals surface area contributed by atoms with Crippen molar-refractivity contribution in [1.82, 2.24) is 25.8 Å². The number of aliphatic imine (C=N–C) groups is 1. The largest absolute Gasteiger partial charge is 0.357 e. The molecule has 0 atom stereocenters. The van der Waals surface area contributed by atoms with Crippen LogP contribution in [0.1, 0.15) is 28.5 Å². The lowest BCUT2D eigenvalue weighted by Gasteiger charge is -2.09. The van der Waals surface area contributed by atoms with Crippen molar-refractivity contribution >= 4 is 17.3 Å². The third kappa shape index (κ3) is 4.30. The summed E-state index contributed by atoms with van der Waals surface area (Å²) >= 11 is 1.67. The molecule has 108 valence electrons. The summed E-state index contributed by atoms with van der Waals surface area (Å²) in [5, 5.41) is 11.2. The van der Waals surface area contributed by atoms with Crippen LogP contribution in [0.25, 0.3) is 0 Å². The number of aryl methyl sites for hydroxylation is 2. The Kier molecular flexibility index (Phi) is 5.05. The van der Waals surface area contributed by atoms with E-state index in [9.17, 15) is 0 Å². The van der Waals surface area contributed by atoms with Crippen molar-refractivity contribution < 1.29 is 4.52 Å². The molecule has 0 spiro atoms. The molecule has 0 unspecified atom stereocenters. The van der Waals surface area contributed by atoms with Gasteiger partial charge in [-0.05, 0) is 13.8 Å². The van der Waals surface area contributed by atoms with Crippen molar-refractivity contribution in [3.8, 4) is 0 Å². The molecule has 8 heteroatoms. The van der Waals surface area contributed by atoms with E-state index in [2.05, 4.69) is 30.8 Å². The number of rotatable bonds is 5. The molecular formula is C12H18N6OS. The fourth-order valence-electron chi connectivity index (χ4n) is 1.54. The molecule has 0 radical (unpaired) electrons. The van der Waals surface area contributed by atoms with Crippen LogP contribution in [-0.4, -0.2) is 27.6 Å². The molecule has 0 aliphatic carbocycles. The lowest BCUT2D eigenvalue weighted by molar-refractivity contribution is 0.387. The maximum absolute atomic E-state index is 4.91. The van der Waals surface area contributed by atoms with E-state index in [1.54, 1.807) is 18.3 Å². The van der Waals surface area contributed by atoms with E-state index in [0.717, 1.165) is 11.6 Å². The fourth-order valence-corrected chi connectivity index (χ4v) is 2.27. The van der Waals surface area contributed by atoms with Crippen molar-refractivity contribution in [3.63, 3.8) is 0 Å². The normalized spacial score (nSPS) is 11.7. The van der Waals surface area contributed by atoms with Gasteiger partial charge in [-0.1, -0.05) is 5.16 Å². The van der Waals surface area contributed by atoms with Gasteiger partial charge in [0.1, 0.15) is 11.6 Å². The van der Waals surface area contributed by atoms with Crippen LogP contribution in [0.5, 0.6) is 0 Å². The van der Waals surface area contributed by atoms with Crippen molar-refractivity contribution in [2.24, 2.45) is 4.99 Å². The van der Waals surface area contributed by atoms with Crippen molar-refractivity contribution in [2.45, 2.75) is 33.9 Å². The van der Waals surface area contributed by atoms with Crippen molar-refractivity contribution in [1.29, 1.82) is 0 Å². The van der Waals surface area contributed by atoms with Crippen LogP contribution in [-0.2, 0) is 13.1 Å². The zero-order chi connectivity index (χ0) is 14.4. The van der Waals surface area contributed by atoms with Crippen LogP contribution in [0, 0.1) is 13.8 Å². The number of hydrogen-bond donors (Lipinski definition) is 2. The van der Waals surface area contributed by atoms with Crippen LogP contribution in [0.15, 0.2) is 15.7 Å². The van der Waals surface area contributed by atoms with Gasteiger partial charge in [-0.3, -0.25) is 0 Å². The summed E-state index contributed by atoms with van der Waals surface area (Å²) in [6.07, 6.45) is 1.87. The Hall–Kier alpha value is -1.96. The average molecular weight is 294 g/mol. The van der Waals surface area contributed by atoms with Gasteiger partial charge in [-0.25, -0.2) is 9.98 Å². The molecule has 0 saturated heterocycles. The molecule has 0 bridgehead atoms. The summed E-state index contributed by atoms with van der Waals surface area (Å²) in [5.41, 5.74) is 0. The Morgan fingerprint density at radius 2 is 2.25 bits per heavy atom. The number of nitrogens with one attached hydrogen (secondary N) is 2. The van der Waals surface area contributed by atoms with Gasteiger partial charge < -0.3 is 15.2 Å². The molecule has 0 fully saturated rings. The minimum atomic E-state index is 0.379. The minimum Gasteiger partial charge on any atom is -0.357 e. The molecule has 7 nitrogen and oxygen atoms in total. The Balaban J connectivity index is 1.91. The first-order valence-corrected chi connectivity index (χ1v) is 7.21. The average Bonchev–Trinajstić information content (AvgIpc) is 3.02. The second-order valence-corrected chi connectivity index (χ2v) is 5.46. The molecule has 2 N–H and O–H groups in total. The third-order valence-corrected chi connectivity index (χ3v) is 3.28. The van der Waals surface area contributed by atoms with Gasteiger partial charge in [0.05, 0.1) is 6.54 Å². The van der Waals surface area contributed by atoms with E-state index in [1.165, 1.54) is 4.88 Å². The summed E-state index contributed by atoms with van der Waals surface area (Å²) in [5.74, 6) is 1.83. The molecule has 0 aliphatic rings. The fraction of sp³-hybridized carbons (Fsp3) is 0.500. The van der Waals surface area contributed by atoms with Crippen molar-refractivity contribution in [2.75, 3.05) is 6.54 Å². The van der Waals surface area contributed by atoms with Gasteiger partial charge in [0.15, 0.2) is 11.8 Å². The molecular weight excluding hydrogens is 276 g/mol. The first-order valence-electron chi connectivity index (χ1n) is 6.40. The first kappa shape index (κ1) is 14.4. The zero-order valence-corrected chi connectivity index (χ0v) is 12.6. The maximum Gasteiger partial charge on any atom is 0.223 e. The van der Waals surface area contributed by atoms with Crippen LogP contribution in [0.2, 0.25) is 0 Å². The molecule has 2 aromatic heterocycles. The minimum absolute atomic E-state index is 0.379. The molecule has 0 saturated carbocycles. The van der Waals surface area contributed by atoms with Crippen LogP contribution in [0.3, 0.4) is 0 Å². The molecule has 2 rings (SSSR count). The highest BCUT2D eigenvalue weighted by Gasteiger charge is 2.04. The summed E-state index contributed by atoms with van der Waals surface area (Å²) in [6.45, 7) is 7.63. The highest BCUT2D eigenvalue weighted by Crippen LogP contribution is 2.10. The second-order valence-electron chi connectivity index (χ2n) is 4.14. The van der Waals surface area contributed by atoms with Crippen molar-refractivity contribution in [3.05, 3.63) is 27.8 Å². The maximum atomic E-state index is 4.91. The van der Waals surface area contributed by atoms with E-state index in [1.807, 2.05) is 20.0 Å². The topological polar surface area (TPSA) is 88.2 Å². The van der Waals surface area contributed by atoms with Gasteiger partial charge in [-0.2, -0.15) is 4.98 Å². The molecule has 2 heterocycles. The van der Waals surface area contributed by atoms with Crippen LogP contribution >= 0.6 is 11.3 Å². The summed E-state index contributed by atoms with van der Waals surface area (Å²) in [6, 6.07) is 0. The van der Waals surface area contributed by atoms with E-state index < -0.39 is 0 Å². The van der Waals surface area contributed by atoms with Gasteiger partial charge in [-0.15, -0.1) is 11.3 Å². The Morgan fingerprint density at radius 3 is 2.85 bits per heavy atom. The smallest absolute Gasteiger partial charge is 0.223 e. The lowest BCUT2D eigenvalue weighted by atomic mass is 10.6. The number of aromatic nitrogens is 3. The highest BCUT2D eigenvalue weighted by atomic mass is 32.1. The zero-order valence-electron chi connectivity index (χ0n) is 11.8. The monoisotopic (exact) mass is 294 g/mol. The predicted octanol–water partition coefficient (Wildman–Crippen LogP) is 1.40. The summed E-state index contributed by atoms with van der Waals surface area (Å²) in [4.78, 5) is 14.0. The Labute approximate surface area is 121 Å². The summed E-state index contributed by atoms with van der Waals surface area (Å²) in [7, 11) is 0. The number of nitrogens with zero attached hydrogens (tertiary/aromatic N) is 4. The number of thiazole rings is 1. The van der Waals surface area contributed by atoms with E-state index >= 15 is 0 Å². The Bertz CT molecular complexity index is 576. The molecule has 0 amide bonds. The molecule has 0 aliphatic heterocycles. The van der Waals surface area contributed by atoms with E-state index in [4.69, 9.17) is 4.52 Å². The Morgan fingerprint density at radius 1 is 1.40 bits per heavy atom. The standard InChI is InChI=1S/C12H18N6OS/c1-4-13-12(15-6-10-17-9(3)19-18-10)16-7-11-14-5-8(2)20-11/h5H,4,6-7H2,1-3H3,(H2,13,15,16). The lowest BCUT2D eigenvalue weighted by Crippen LogP contribution is -2.36. The summed E-state index contributed by atoms with van der Waals surface area (Å²) < 4.78 is 4.91. The van der Waals surface area contributed by atoms with Crippen LogP contribution < -0.4 is 10.6 Å². The number of guanidine groups is 1. The molecule has 0 aromatic carbocycles. The highest BCUT2D eigenvalue weighted by molar-refractivity contribution is 7.11. The second kappa shape index (κ2) is 6.99. The van der Waals surface area contributed by atoms with Gasteiger partial charge in [0.2, 0.25) is 5.89 Å². The van der Waals surface area contributed by atoms with E-state index in [0.29, 0.717) is 30.8 Å². The van der Waals surface area contributed by atoms with Gasteiger partial charge in [0.25, 0.3) is 0 Å². The van der Waals surface area contributed by atoms with Crippen LogP contribution in [0.4, 0.5) is 0 Å². The molecule has 2 aromatic rings. The van der Waals surface area contributed by atoms with Gasteiger partial charge in [0, 0.05) is 24.5 Å².